The van der Waals surface area contributed by atoms with Gasteiger partial charge in [0.2, 0.25) is 0 Å². The molecule has 8 heteroatoms. The average Bonchev–Trinajstić information content (AvgIpc) is 2.43. The fourth-order valence-corrected chi connectivity index (χ4v) is 1.21. The minimum Gasteiger partial charge on any atom is -0.484 e. The molecule has 1 aromatic carbocycles. The summed E-state index contributed by atoms with van der Waals surface area (Å²) in [5.74, 6) is -0.156. The number of nitro groups is 1. The summed E-state index contributed by atoms with van der Waals surface area (Å²) >= 11 is 0. The Hall–Kier alpha value is -2.19. The lowest BCUT2D eigenvalue weighted by atomic mass is 10.1. The van der Waals surface area contributed by atoms with E-state index < -0.39 is 23.0 Å². The highest BCUT2D eigenvalue weighted by atomic mass is 16.6. The van der Waals surface area contributed by atoms with Gasteiger partial charge in [0.25, 0.3) is 11.6 Å². The first-order valence-electron chi connectivity index (χ1n) is 5.81. The molecule has 1 aromatic rings. The minimum atomic E-state index is -1.39. The summed E-state index contributed by atoms with van der Waals surface area (Å²) in [4.78, 5) is 21.3. The van der Waals surface area contributed by atoms with Crippen molar-refractivity contribution in [2.75, 3.05) is 19.8 Å². The zero-order valence-electron chi connectivity index (χ0n) is 10.9. The largest absolute Gasteiger partial charge is 0.484 e. The second-order valence-electron chi connectivity index (χ2n) is 4.47. The van der Waals surface area contributed by atoms with E-state index >= 15 is 0 Å². The highest BCUT2D eigenvalue weighted by Crippen LogP contribution is 2.17. The van der Waals surface area contributed by atoms with Crippen molar-refractivity contribution >= 4 is 11.6 Å². The molecule has 0 spiro atoms. The number of nitrogens with one attached hydrogen (secondary N) is 1. The molecular weight excluding hydrogens is 268 g/mol. The number of aliphatic hydroxyl groups is 2. The summed E-state index contributed by atoms with van der Waals surface area (Å²) < 4.78 is 5.12. The van der Waals surface area contributed by atoms with Crippen molar-refractivity contribution < 1.29 is 24.7 Å². The molecule has 8 nitrogen and oxygen atoms in total. The Morgan fingerprint density at radius 1 is 1.45 bits per heavy atom. The normalized spacial score (nSPS) is 13.3. The van der Waals surface area contributed by atoms with E-state index in [2.05, 4.69) is 5.32 Å². The standard InChI is InChI=1S/C12H16N2O6/c1-12(17,8-15)7-13-11(16)6-20-10-4-2-9(3-5-10)14(18)19/h2-5,15,17H,6-8H2,1H3,(H,13,16). The molecule has 3 N–H and O–H groups in total. The topological polar surface area (TPSA) is 122 Å². The lowest BCUT2D eigenvalue weighted by Crippen LogP contribution is -2.44. The van der Waals surface area contributed by atoms with Gasteiger partial charge in [0, 0.05) is 18.7 Å². The van der Waals surface area contributed by atoms with Crippen LogP contribution in [0, 0.1) is 10.1 Å². The molecule has 1 rings (SSSR count). The third kappa shape index (κ3) is 5.21. The maximum atomic E-state index is 11.4. The molecule has 0 saturated heterocycles. The van der Waals surface area contributed by atoms with Gasteiger partial charge in [-0.1, -0.05) is 0 Å². The second-order valence-corrected chi connectivity index (χ2v) is 4.47. The van der Waals surface area contributed by atoms with E-state index in [0.717, 1.165) is 0 Å². The van der Waals surface area contributed by atoms with Gasteiger partial charge >= 0.3 is 0 Å². The Labute approximate surface area is 115 Å². The third-order valence-electron chi connectivity index (χ3n) is 2.42. The van der Waals surface area contributed by atoms with Crippen LogP contribution in [0.5, 0.6) is 5.75 Å². The molecule has 0 heterocycles. The number of carbonyl (C=O) groups is 1. The average molecular weight is 284 g/mol. The summed E-state index contributed by atoms with van der Waals surface area (Å²) in [6.07, 6.45) is 0. The van der Waals surface area contributed by atoms with Crippen LogP contribution >= 0.6 is 0 Å². The first-order chi connectivity index (χ1) is 9.34. The maximum Gasteiger partial charge on any atom is 0.269 e. The Balaban J connectivity index is 2.39. The first-order valence-corrected chi connectivity index (χ1v) is 5.81. The van der Waals surface area contributed by atoms with Gasteiger partial charge in [0.1, 0.15) is 11.4 Å². The van der Waals surface area contributed by atoms with Crippen molar-refractivity contribution in [1.29, 1.82) is 0 Å². The summed E-state index contributed by atoms with van der Waals surface area (Å²) in [6, 6.07) is 5.30. The quantitative estimate of drug-likeness (QED) is 0.472. The number of carbonyl (C=O) groups excluding carboxylic acids is 1. The SMILES string of the molecule is CC(O)(CO)CNC(=O)COc1ccc([N+](=O)[O-])cc1. The fourth-order valence-electron chi connectivity index (χ4n) is 1.21. The van der Waals surface area contributed by atoms with Gasteiger partial charge < -0.3 is 20.3 Å². The van der Waals surface area contributed by atoms with Crippen LogP contribution in [0.3, 0.4) is 0 Å². The number of hydrogen-bond donors (Lipinski definition) is 3. The van der Waals surface area contributed by atoms with Crippen molar-refractivity contribution in [2.24, 2.45) is 0 Å². The van der Waals surface area contributed by atoms with Crippen LogP contribution in [0.1, 0.15) is 6.92 Å². The number of ether oxygens (including phenoxy) is 1. The Kier molecular flexibility index (Phi) is 5.42. The van der Waals surface area contributed by atoms with Crippen LogP contribution in [-0.4, -0.2) is 46.4 Å². The molecule has 0 fully saturated rings. The number of hydrogen-bond acceptors (Lipinski definition) is 6. The molecule has 1 unspecified atom stereocenters. The Morgan fingerprint density at radius 3 is 2.55 bits per heavy atom. The highest BCUT2D eigenvalue weighted by molar-refractivity contribution is 5.77. The van der Waals surface area contributed by atoms with Crippen LogP contribution < -0.4 is 10.1 Å². The minimum absolute atomic E-state index is 0.0687. The summed E-state index contributed by atoms with van der Waals surface area (Å²) in [6.45, 7) is 0.506. The lowest BCUT2D eigenvalue weighted by molar-refractivity contribution is -0.384. The smallest absolute Gasteiger partial charge is 0.269 e. The van der Waals surface area contributed by atoms with Crippen LogP contribution in [-0.2, 0) is 4.79 Å². The number of non-ortho nitro benzene ring substituents is 1. The molecule has 20 heavy (non-hydrogen) atoms. The molecule has 0 aliphatic carbocycles. The van der Waals surface area contributed by atoms with Gasteiger partial charge in [-0.15, -0.1) is 0 Å². The number of nitrogens with zero attached hydrogens (tertiary/aromatic N) is 1. The van der Waals surface area contributed by atoms with Crippen LogP contribution in [0.4, 0.5) is 5.69 Å². The second kappa shape index (κ2) is 6.83. The van der Waals surface area contributed by atoms with Gasteiger partial charge in [0.05, 0.1) is 11.5 Å². The van der Waals surface area contributed by atoms with E-state index in [4.69, 9.17) is 9.84 Å². The molecule has 0 saturated carbocycles. The molecule has 0 aliphatic heterocycles. The van der Waals surface area contributed by atoms with Gasteiger partial charge in [-0.25, -0.2) is 0 Å². The van der Waals surface area contributed by atoms with E-state index in [9.17, 15) is 20.0 Å². The number of amides is 1. The van der Waals surface area contributed by atoms with Crippen molar-refractivity contribution in [3.63, 3.8) is 0 Å². The lowest BCUT2D eigenvalue weighted by Gasteiger charge is -2.20. The number of nitro benzene ring substituents is 1. The summed E-state index contributed by atoms with van der Waals surface area (Å²) in [7, 11) is 0. The Morgan fingerprint density at radius 2 is 2.05 bits per heavy atom. The van der Waals surface area contributed by atoms with E-state index in [0.29, 0.717) is 5.75 Å². The highest BCUT2D eigenvalue weighted by Gasteiger charge is 2.19. The predicted molar refractivity (Wildman–Crippen MR) is 69.3 cm³/mol. The van der Waals surface area contributed by atoms with Crippen LogP contribution in [0.15, 0.2) is 24.3 Å². The fraction of sp³-hybridized carbons (Fsp3) is 0.417. The molecule has 0 bridgehead atoms. The molecule has 1 amide bonds. The van der Waals surface area contributed by atoms with Crippen molar-refractivity contribution in [1.82, 2.24) is 5.32 Å². The summed E-state index contributed by atoms with van der Waals surface area (Å²) in [5.41, 5.74) is -1.45. The van der Waals surface area contributed by atoms with E-state index in [1.165, 1.54) is 31.2 Å². The zero-order valence-corrected chi connectivity index (χ0v) is 10.9. The van der Waals surface area contributed by atoms with E-state index in [1.54, 1.807) is 0 Å². The Bertz CT molecular complexity index is 471. The summed E-state index contributed by atoms with van der Waals surface area (Å²) in [5, 5.41) is 31.1. The first kappa shape index (κ1) is 15.9. The van der Waals surface area contributed by atoms with E-state index in [-0.39, 0.29) is 18.8 Å². The van der Waals surface area contributed by atoms with Gasteiger partial charge in [-0.3, -0.25) is 14.9 Å². The molecule has 110 valence electrons. The molecule has 0 radical (unpaired) electrons. The van der Waals surface area contributed by atoms with Crippen molar-refractivity contribution in [3.05, 3.63) is 34.4 Å². The maximum absolute atomic E-state index is 11.4. The third-order valence-corrected chi connectivity index (χ3v) is 2.42. The van der Waals surface area contributed by atoms with Crippen LogP contribution in [0.25, 0.3) is 0 Å². The van der Waals surface area contributed by atoms with Gasteiger partial charge in [-0.2, -0.15) is 0 Å². The van der Waals surface area contributed by atoms with E-state index in [1.807, 2.05) is 0 Å². The number of aliphatic hydroxyl groups excluding tert-OH is 1. The van der Waals surface area contributed by atoms with Gasteiger partial charge in [-0.05, 0) is 19.1 Å². The molecule has 1 atom stereocenters. The number of benzene rings is 1. The zero-order chi connectivity index (χ0) is 15.2. The van der Waals surface area contributed by atoms with Crippen LogP contribution in [0.2, 0.25) is 0 Å². The van der Waals surface area contributed by atoms with Crippen molar-refractivity contribution in [3.8, 4) is 5.75 Å². The van der Waals surface area contributed by atoms with Crippen molar-refractivity contribution in [2.45, 2.75) is 12.5 Å². The molecular formula is C12H16N2O6. The molecule has 0 aliphatic rings. The number of rotatable bonds is 7. The molecule has 0 aromatic heterocycles. The monoisotopic (exact) mass is 284 g/mol. The predicted octanol–water partition coefficient (Wildman–Crippen LogP) is -0.167. The van der Waals surface area contributed by atoms with Gasteiger partial charge in [0.15, 0.2) is 6.61 Å².